The summed E-state index contributed by atoms with van der Waals surface area (Å²) in [6.45, 7) is 1.98. The van der Waals surface area contributed by atoms with Crippen LogP contribution in [0, 0.1) is 6.92 Å². The third-order valence-corrected chi connectivity index (χ3v) is 3.35. The molecule has 0 amide bonds. The number of hydrogen-bond acceptors (Lipinski definition) is 3. The number of halogens is 1. The minimum atomic E-state index is 0.239. The van der Waals surface area contributed by atoms with Crippen molar-refractivity contribution < 1.29 is 10.2 Å². The number of pyridine rings is 1. The van der Waals surface area contributed by atoms with E-state index in [4.69, 9.17) is 5.11 Å². The molecule has 0 atom stereocenters. The molecule has 1 heterocycles. The molecule has 0 unspecified atom stereocenters. The Labute approximate surface area is 125 Å². The monoisotopic (exact) mass is 331 g/mol. The maximum atomic E-state index is 9.31. The standard InChI is InChI=1S/C9H7NO.C7H7BrO/c11-8-5-1-3-7-4-2-6-10-9(7)8;1-5-2-3-7(9)6(8)4-5/h1-6,11H;2-4,9H,1H3. The molecule has 2 aromatic carbocycles. The Morgan fingerprint density at radius 1 is 0.950 bits per heavy atom. The van der Waals surface area contributed by atoms with E-state index in [2.05, 4.69) is 20.9 Å². The van der Waals surface area contributed by atoms with Crippen LogP contribution in [0.2, 0.25) is 0 Å². The summed E-state index contributed by atoms with van der Waals surface area (Å²) in [7, 11) is 0. The van der Waals surface area contributed by atoms with Crippen LogP contribution in [0.5, 0.6) is 11.5 Å². The minimum absolute atomic E-state index is 0.239. The number of rotatable bonds is 0. The number of para-hydroxylation sites is 1. The van der Waals surface area contributed by atoms with Gasteiger partial charge in [0.05, 0.1) is 4.47 Å². The van der Waals surface area contributed by atoms with Crippen molar-refractivity contribution in [1.82, 2.24) is 4.98 Å². The second kappa shape index (κ2) is 6.39. The Balaban J connectivity index is 0.000000151. The number of aromatic nitrogens is 1. The third-order valence-electron chi connectivity index (χ3n) is 2.71. The van der Waals surface area contributed by atoms with E-state index in [9.17, 15) is 5.11 Å². The average Bonchev–Trinajstić information content (AvgIpc) is 2.45. The first-order valence-electron chi connectivity index (χ1n) is 6.06. The third kappa shape index (κ3) is 3.48. The molecule has 0 aliphatic heterocycles. The van der Waals surface area contributed by atoms with E-state index in [1.165, 1.54) is 0 Å². The highest BCUT2D eigenvalue weighted by atomic mass is 79.9. The second-order valence-electron chi connectivity index (χ2n) is 4.31. The van der Waals surface area contributed by atoms with Gasteiger partial charge in [-0.25, -0.2) is 0 Å². The van der Waals surface area contributed by atoms with Gasteiger partial charge in [-0.3, -0.25) is 4.98 Å². The Hall–Kier alpha value is -2.07. The number of benzene rings is 2. The molecule has 3 aromatic rings. The van der Waals surface area contributed by atoms with Crippen LogP contribution in [0.25, 0.3) is 10.9 Å². The molecule has 20 heavy (non-hydrogen) atoms. The Bertz CT molecular complexity index is 723. The van der Waals surface area contributed by atoms with E-state index in [1.807, 2.05) is 37.3 Å². The number of hydrogen-bond donors (Lipinski definition) is 2. The Morgan fingerprint density at radius 3 is 2.35 bits per heavy atom. The van der Waals surface area contributed by atoms with Crippen LogP contribution in [-0.2, 0) is 0 Å². The van der Waals surface area contributed by atoms with Crippen molar-refractivity contribution in [2.24, 2.45) is 0 Å². The van der Waals surface area contributed by atoms with Gasteiger partial charge in [0, 0.05) is 11.6 Å². The highest BCUT2D eigenvalue weighted by Crippen LogP contribution is 2.23. The first kappa shape index (κ1) is 14.3. The number of phenolic OH excluding ortho intramolecular Hbond substituents is 2. The highest BCUT2D eigenvalue weighted by Gasteiger charge is 1.96. The quantitative estimate of drug-likeness (QED) is 0.641. The van der Waals surface area contributed by atoms with Gasteiger partial charge in [-0.05, 0) is 52.7 Å². The van der Waals surface area contributed by atoms with Gasteiger partial charge in [-0.1, -0.05) is 24.3 Å². The normalized spacial score (nSPS) is 9.90. The SMILES string of the molecule is Cc1ccc(O)c(Br)c1.Oc1cccc2cccnc12. The summed E-state index contributed by atoms with van der Waals surface area (Å²) in [5.41, 5.74) is 1.80. The van der Waals surface area contributed by atoms with E-state index < -0.39 is 0 Å². The summed E-state index contributed by atoms with van der Waals surface area (Å²) < 4.78 is 0.752. The maximum Gasteiger partial charge on any atom is 0.141 e. The molecule has 0 aliphatic rings. The van der Waals surface area contributed by atoms with Crippen LogP contribution < -0.4 is 0 Å². The van der Waals surface area contributed by atoms with Crippen LogP contribution >= 0.6 is 15.9 Å². The van der Waals surface area contributed by atoms with Crippen molar-refractivity contribution in [2.75, 3.05) is 0 Å². The van der Waals surface area contributed by atoms with E-state index >= 15 is 0 Å². The highest BCUT2D eigenvalue weighted by molar-refractivity contribution is 9.10. The fraction of sp³-hybridized carbons (Fsp3) is 0.0625. The second-order valence-corrected chi connectivity index (χ2v) is 5.16. The molecule has 0 saturated carbocycles. The van der Waals surface area contributed by atoms with Crippen LogP contribution in [0.15, 0.2) is 59.2 Å². The number of phenols is 2. The van der Waals surface area contributed by atoms with E-state index in [1.54, 1.807) is 24.4 Å². The predicted octanol–water partition coefficient (Wildman–Crippen LogP) is 4.40. The van der Waals surface area contributed by atoms with Crippen LogP contribution in [0.3, 0.4) is 0 Å². The number of aryl methyl sites for hydroxylation is 1. The maximum absolute atomic E-state index is 9.31. The molecule has 2 N–H and O–H groups in total. The summed E-state index contributed by atoms with van der Waals surface area (Å²) in [4.78, 5) is 4.03. The van der Waals surface area contributed by atoms with Gasteiger partial charge < -0.3 is 10.2 Å². The molecular formula is C16H14BrNO2. The first-order valence-corrected chi connectivity index (χ1v) is 6.85. The van der Waals surface area contributed by atoms with Gasteiger partial charge >= 0.3 is 0 Å². The van der Waals surface area contributed by atoms with Gasteiger partial charge in [-0.2, -0.15) is 0 Å². The molecule has 0 aliphatic carbocycles. The fourth-order valence-corrected chi connectivity index (χ4v) is 2.19. The first-order chi connectivity index (χ1) is 9.58. The summed E-state index contributed by atoms with van der Waals surface area (Å²) in [5.74, 6) is 0.531. The van der Waals surface area contributed by atoms with Crippen LogP contribution in [0.1, 0.15) is 5.56 Å². The summed E-state index contributed by atoms with van der Waals surface area (Å²) in [5, 5.41) is 19.3. The van der Waals surface area contributed by atoms with Gasteiger partial charge in [0.1, 0.15) is 17.0 Å². The molecule has 0 saturated heterocycles. The zero-order valence-corrected chi connectivity index (χ0v) is 12.5. The van der Waals surface area contributed by atoms with Crippen molar-refractivity contribution in [3.8, 4) is 11.5 Å². The van der Waals surface area contributed by atoms with Gasteiger partial charge in [0.2, 0.25) is 0 Å². The molecule has 3 rings (SSSR count). The van der Waals surface area contributed by atoms with Gasteiger partial charge in [0.15, 0.2) is 0 Å². The molecule has 0 bridgehead atoms. The summed E-state index contributed by atoms with van der Waals surface area (Å²) in [6, 6.07) is 14.5. The Kier molecular flexibility index (Phi) is 4.58. The van der Waals surface area contributed by atoms with Crippen LogP contribution in [-0.4, -0.2) is 15.2 Å². The number of fused-ring (bicyclic) bond motifs is 1. The van der Waals surface area contributed by atoms with Gasteiger partial charge in [0.25, 0.3) is 0 Å². The largest absolute Gasteiger partial charge is 0.507 e. The topological polar surface area (TPSA) is 53.4 Å². The summed E-state index contributed by atoms with van der Waals surface area (Å²) >= 11 is 3.20. The fourth-order valence-electron chi connectivity index (χ4n) is 1.70. The van der Waals surface area contributed by atoms with Crippen molar-refractivity contribution in [1.29, 1.82) is 0 Å². The molecule has 0 fully saturated rings. The van der Waals surface area contributed by atoms with E-state index in [0.29, 0.717) is 11.3 Å². The molecule has 3 nitrogen and oxygen atoms in total. The lowest BCUT2D eigenvalue weighted by Crippen LogP contribution is -1.76. The lowest BCUT2D eigenvalue weighted by atomic mass is 10.2. The zero-order valence-electron chi connectivity index (χ0n) is 10.9. The predicted molar refractivity (Wildman–Crippen MR) is 84.0 cm³/mol. The lowest BCUT2D eigenvalue weighted by molar-refractivity contribution is 0.471. The van der Waals surface area contributed by atoms with E-state index in [-0.39, 0.29) is 5.75 Å². The molecule has 0 spiro atoms. The molecule has 102 valence electrons. The van der Waals surface area contributed by atoms with Gasteiger partial charge in [-0.15, -0.1) is 0 Å². The number of nitrogens with zero attached hydrogens (tertiary/aromatic N) is 1. The zero-order chi connectivity index (χ0) is 14.5. The summed E-state index contributed by atoms with van der Waals surface area (Å²) in [6.07, 6.45) is 1.67. The molecule has 1 aromatic heterocycles. The molecule has 0 radical (unpaired) electrons. The lowest BCUT2D eigenvalue weighted by Gasteiger charge is -1.96. The van der Waals surface area contributed by atoms with Crippen molar-refractivity contribution in [3.05, 3.63) is 64.8 Å². The van der Waals surface area contributed by atoms with Crippen molar-refractivity contribution in [3.63, 3.8) is 0 Å². The van der Waals surface area contributed by atoms with E-state index in [0.717, 1.165) is 15.4 Å². The molecule has 4 heteroatoms. The minimum Gasteiger partial charge on any atom is -0.507 e. The van der Waals surface area contributed by atoms with Crippen molar-refractivity contribution >= 4 is 26.8 Å². The smallest absolute Gasteiger partial charge is 0.141 e. The average molecular weight is 332 g/mol. The molecular weight excluding hydrogens is 318 g/mol. The number of aromatic hydroxyl groups is 2. The van der Waals surface area contributed by atoms with Crippen molar-refractivity contribution in [2.45, 2.75) is 6.92 Å². The Morgan fingerprint density at radius 2 is 1.70 bits per heavy atom. The van der Waals surface area contributed by atoms with Crippen LogP contribution in [0.4, 0.5) is 0 Å².